The standard InChI is InChI=1S/C13H14N2O2/c16-13(15-17)12(14-9-11-6-7-11)8-10-4-2-1-3-5-10/h1-5,9,12,14H,6-8H2. The van der Waals surface area contributed by atoms with Crippen LogP contribution in [0, 0.1) is 4.91 Å². The molecule has 17 heavy (non-hydrogen) atoms. The number of hydrogen-bond acceptors (Lipinski definition) is 3. The predicted molar refractivity (Wildman–Crippen MR) is 65.2 cm³/mol. The van der Waals surface area contributed by atoms with E-state index in [4.69, 9.17) is 0 Å². The second kappa shape index (κ2) is 5.39. The van der Waals surface area contributed by atoms with Gasteiger partial charge >= 0.3 is 5.91 Å². The van der Waals surface area contributed by atoms with Crippen LogP contribution < -0.4 is 5.32 Å². The fraction of sp³-hybridized carbons (Fsp3) is 0.308. The van der Waals surface area contributed by atoms with Crippen molar-refractivity contribution in [3.63, 3.8) is 0 Å². The summed E-state index contributed by atoms with van der Waals surface area (Å²) in [4.78, 5) is 21.7. The highest BCUT2D eigenvalue weighted by Gasteiger charge is 2.19. The number of nitrogens with zero attached hydrogens (tertiary/aromatic N) is 1. The van der Waals surface area contributed by atoms with Crippen molar-refractivity contribution in [2.24, 2.45) is 5.18 Å². The van der Waals surface area contributed by atoms with Gasteiger partial charge in [0.1, 0.15) is 6.04 Å². The molecule has 2 rings (SSSR count). The molecule has 0 aliphatic heterocycles. The molecule has 1 aromatic rings. The maximum atomic E-state index is 11.4. The van der Waals surface area contributed by atoms with Crippen molar-refractivity contribution in [1.29, 1.82) is 0 Å². The second-order valence-electron chi connectivity index (χ2n) is 4.14. The topological polar surface area (TPSA) is 58.5 Å². The molecule has 1 aliphatic rings. The molecule has 0 heterocycles. The summed E-state index contributed by atoms with van der Waals surface area (Å²) in [6.45, 7) is 0. The van der Waals surface area contributed by atoms with Crippen LogP contribution in [0.15, 0.2) is 47.3 Å². The van der Waals surface area contributed by atoms with Gasteiger partial charge in [0.2, 0.25) is 0 Å². The number of allylic oxidation sites excluding steroid dienone is 1. The first-order valence-electron chi connectivity index (χ1n) is 5.64. The van der Waals surface area contributed by atoms with Gasteiger partial charge < -0.3 is 5.32 Å². The van der Waals surface area contributed by atoms with E-state index in [1.807, 2.05) is 36.5 Å². The number of carbonyl (C=O) groups excluding carboxylic acids is 1. The van der Waals surface area contributed by atoms with Crippen molar-refractivity contribution in [2.45, 2.75) is 25.3 Å². The van der Waals surface area contributed by atoms with Gasteiger partial charge in [0.25, 0.3) is 0 Å². The smallest absolute Gasteiger partial charge is 0.308 e. The van der Waals surface area contributed by atoms with Gasteiger partial charge in [0.05, 0.1) is 0 Å². The van der Waals surface area contributed by atoms with E-state index in [2.05, 4.69) is 10.5 Å². The molecule has 0 radical (unpaired) electrons. The predicted octanol–water partition coefficient (Wildman–Crippen LogP) is 2.16. The normalized spacial score (nSPS) is 14.9. The van der Waals surface area contributed by atoms with Crippen LogP contribution >= 0.6 is 0 Å². The summed E-state index contributed by atoms with van der Waals surface area (Å²) in [6.07, 6.45) is 4.47. The van der Waals surface area contributed by atoms with Gasteiger partial charge in [-0.05, 0) is 24.6 Å². The Morgan fingerprint density at radius 2 is 2.06 bits per heavy atom. The Kier molecular flexibility index (Phi) is 3.65. The molecule has 0 saturated heterocycles. The molecule has 1 atom stereocenters. The van der Waals surface area contributed by atoms with Crippen LogP contribution in [0.5, 0.6) is 0 Å². The number of amides is 1. The van der Waals surface area contributed by atoms with Gasteiger partial charge in [-0.1, -0.05) is 35.9 Å². The average molecular weight is 230 g/mol. The molecule has 4 heteroatoms. The molecule has 4 nitrogen and oxygen atoms in total. The summed E-state index contributed by atoms with van der Waals surface area (Å²) in [7, 11) is 0. The number of carbonyl (C=O) groups is 1. The Morgan fingerprint density at radius 1 is 1.35 bits per heavy atom. The van der Waals surface area contributed by atoms with Gasteiger partial charge in [0, 0.05) is 11.6 Å². The number of hydrogen-bond donors (Lipinski definition) is 1. The van der Waals surface area contributed by atoms with E-state index < -0.39 is 11.9 Å². The summed E-state index contributed by atoms with van der Waals surface area (Å²) >= 11 is 0. The van der Waals surface area contributed by atoms with Crippen LogP contribution in [-0.4, -0.2) is 11.9 Å². The third-order valence-electron chi connectivity index (χ3n) is 2.70. The van der Waals surface area contributed by atoms with E-state index in [1.54, 1.807) is 0 Å². The van der Waals surface area contributed by atoms with Crippen molar-refractivity contribution >= 4 is 5.91 Å². The molecule has 1 aliphatic carbocycles. The molecule has 1 fully saturated rings. The molecule has 1 saturated carbocycles. The van der Waals surface area contributed by atoms with Gasteiger partial charge in [-0.15, -0.1) is 4.91 Å². The second-order valence-corrected chi connectivity index (χ2v) is 4.14. The lowest BCUT2D eigenvalue weighted by atomic mass is 10.1. The Bertz CT molecular complexity index is 434. The Morgan fingerprint density at radius 3 is 2.65 bits per heavy atom. The number of nitrogens with one attached hydrogen (secondary N) is 1. The third kappa shape index (κ3) is 3.52. The maximum absolute atomic E-state index is 11.4. The lowest BCUT2D eigenvalue weighted by Gasteiger charge is -2.12. The molecular weight excluding hydrogens is 216 g/mol. The van der Waals surface area contributed by atoms with Crippen LogP contribution in [-0.2, 0) is 11.2 Å². The summed E-state index contributed by atoms with van der Waals surface area (Å²) in [5.74, 6) is -0.647. The first-order valence-corrected chi connectivity index (χ1v) is 5.64. The van der Waals surface area contributed by atoms with E-state index in [9.17, 15) is 9.70 Å². The highest BCUT2D eigenvalue weighted by molar-refractivity contribution is 5.82. The Labute approximate surface area is 99.7 Å². The molecule has 1 amide bonds. The minimum atomic E-state index is -0.647. The van der Waals surface area contributed by atoms with Crippen molar-refractivity contribution in [3.05, 3.63) is 52.6 Å². The van der Waals surface area contributed by atoms with Crippen LogP contribution in [0.1, 0.15) is 18.4 Å². The fourth-order valence-corrected chi connectivity index (χ4v) is 1.57. The van der Waals surface area contributed by atoms with Crippen molar-refractivity contribution in [3.8, 4) is 0 Å². The van der Waals surface area contributed by atoms with E-state index in [1.165, 1.54) is 5.57 Å². The molecule has 88 valence electrons. The van der Waals surface area contributed by atoms with E-state index in [0.29, 0.717) is 6.42 Å². The molecule has 0 aromatic heterocycles. The summed E-state index contributed by atoms with van der Waals surface area (Å²) in [5, 5.41) is 5.48. The number of benzene rings is 1. The van der Waals surface area contributed by atoms with Crippen molar-refractivity contribution in [2.75, 3.05) is 0 Å². The van der Waals surface area contributed by atoms with E-state index in [-0.39, 0.29) is 0 Å². The minimum Gasteiger partial charge on any atom is -0.379 e. The highest BCUT2D eigenvalue weighted by Crippen LogP contribution is 2.26. The highest BCUT2D eigenvalue weighted by atomic mass is 16.3. The third-order valence-corrected chi connectivity index (χ3v) is 2.70. The number of rotatable bonds is 5. The zero-order valence-electron chi connectivity index (χ0n) is 9.43. The van der Waals surface area contributed by atoms with Crippen LogP contribution in [0.4, 0.5) is 0 Å². The SMILES string of the molecule is O=NC(=O)C(Cc1ccccc1)NC=C1CC1. The van der Waals surface area contributed by atoms with Crippen LogP contribution in [0.25, 0.3) is 0 Å². The van der Waals surface area contributed by atoms with E-state index >= 15 is 0 Å². The van der Waals surface area contributed by atoms with Gasteiger partial charge in [-0.3, -0.25) is 4.79 Å². The Balaban J connectivity index is 2.01. The van der Waals surface area contributed by atoms with Gasteiger partial charge in [-0.2, -0.15) is 0 Å². The largest absolute Gasteiger partial charge is 0.379 e. The number of nitroso groups, excluding NO2 is 1. The first-order chi connectivity index (χ1) is 8.29. The molecule has 1 unspecified atom stereocenters. The summed E-state index contributed by atoms with van der Waals surface area (Å²) < 4.78 is 0. The van der Waals surface area contributed by atoms with Crippen LogP contribution in [0.2, 0.25) is 0 Å². The fourth-order valence-electron chi connectivity index (χ4n) is 1.57. The zero-order valence-corrected chi connectivity index (χ0v) is 9.43. The molecule has 1 N–H and O–H groups in total. The maximum Gasteiger partial charge on any atom is 0.308 e. The molecule has 0 spiro atoms. The first kappa shape index (κ1) is 11.5. The van der Waals surface area contributed by atoms with Crippen LogP contribution in [0.3, 0.4) is 0 Å². The van der Waals surface area contributed by atoms with Gasteiger partial charge in [-0.25, -0.2) is 0 Å². The van der Waals surface area contributed by atoms with E-state index in [0.717, 1.165) is 18.4 Å². The molecule has 0 bridgehead atoms. The monoisotopic (exact) mass is 230 g/mol. The average Bonchev–Trinajstić information content (AvgIpc) is 3.19. The molecule has 1 aromatic carbocycles. The van der Waals surface area contributed by atoms with Gasteiger partial charge in [0.15, 0.2) is 0 Å². The lowest BCUT2D eigenvalue weighted by Crippen LogP contribution is -2.34. The van der Waals surface area contributed by atoms with Crippen molar-refractivity contribution in [1.82, 2.24) is 5.32 Å². The molecular formula is C13H14N2O2. The van der Waals surface area contributed by atoms with Crippen molar-refractivity contribution < 1.29 is 4.79 Å². The quantitative estimate of drug-likeness (QED) is 0.788. The lowest BCUT2D eigenvalue weighted by molar-refractivity contribution is -0.119. The zero-order chi connectivity index (χ0) is 12.1. The summed E-state index contributed by atoms with van der Waals surface area (Å²) in [6, 6.07) is 9.03. The Hall–Kier alpha value is -1.97. The minimum absolute atomic E-state index is 0.481. The summed E-state index contributed by atoms with van der Waals surface area (Å²) in [5.41, 5.74) is 2.29.